The summed E-state index contributed by atoms with van der Waals surface area (Å²) in [4.78, 5) is 12.2. The Hall–Kier alpha value is -1.41. The van der Waals surface area contributed by atoms with Gasteiger partial charge in [0.1, 0.15) is 12.3 Å². The van der Waals surface area contributed by atoms with E-state index in [-0.39, 0.29) is 17.2 Å². The maximum absolute atomic E-state index is 12.2. The van der Waals surface area contributed by atoms with Crippen molar-refractivity contribution in [2.45, 2.75) is 32.4 Å². The van der Waals surface area contributed by atoms with Crippen LogP contribution in [-0.4, -0.2) is 50.8 Å². The first-order valence-electron chi connectivity index (χ1n) is 8.14. The van der Waals surface area contributed by atoms with E-state index in [4.69, 9.17) is 4.74 Å². The maximum atomic E-state index is 12.2. The largest absolute Gasteiger partial charge is 0.494 e. The normalized spacial score (nSPS) is 11.9. The van der Waals surface area contributed by atoms with E-state index in [1.54, 1.807) is 36.0 Å². The first-order valence-corrected chi connectivity index (χ1v) is 11.0. The molecular weight excluding hydrogens is 360 g/mol. The van der Waals surface area contributed by atoms with Crippen LogP contribution in [0.25, 0.3) is 0 Å². The highest BCUT2D eigenvalue weighted by atomic mass is 32.2. The number of ether oxygens (including phenoxy) is 1. The van der Waals surface area contributed by atoms with E-state index in [0.29, 0.717) is 24.6 Å². The molecule has 0 aliphatic carbocycles. The van der Waals surface area contributed by atoms with E-state index in [9.17, 15) is 13.2 Å². The van der Waals surface area contributed by atoms with Crippen molar-refractivity contribution in [1.82, 2.24) is 5.32 Å². The van der Waals surface area contributed by atoms with Crippen LogP contribution in [0.5, 0.6) is 5.75 Å². The Morgan fingerprint density at radius 3 is 2.56 bits per heavy atom. The minimum atomic E-state index is -3.59. The van der Waals surface area contributed by atoms with Crippen LogP contribution in [0.2, 0.25) is 0 Å². The van der Waals surface area contributed by atoms with Gasteiger partial charge in [0.2, 0.25) is 15.9 Å². The highest BCUT2D eigenvalue weighted by Crippen LogP contribution is 2.23. The van der Waals surface area contributed by atoms with Gasteiger partial charge in [-0.15, -0.1) is 0 Å². The number of sulfonamides is 1. The second-order valence-corrected chi connectivity index (χ2v) is 10.3. The van der Waals surface area contributed by atoms with E-state index in [1.165, 1.54) is 0 Å². The van der Waals surface area contributed by atoms with Gasteiger partial charge in [-0.2, -0.15) is 11.8 Å². The highest BCUT2D eigenvalue weighted by Gasteiger charge is 2.21. The molecule has 0 fully saturated rings. The number of anilines is 1. The van der Waals surface area contributed by atoms with Crippen molar-refractivity contribution in [2.75, 3.05) is 36.0 Å². The molecule has 0 aliphatic rings. The van der Waals surface area contributed by atoms with Crippen LogP contribution in [0, 0.1) is 0 Å². The molecule has 8 heteroatoms. The number of nitrogens with zero attached hydrogens (tertiary/aromatic N) is 1. The van der Waals surface area contributed by atoms with Crippen molar-refractivity contribution in [3.8, 4) is 5.75 Å². The summed E-state index contributed by atoms with van der Waals surface area (Å²) in [6.07, 6.45) is 1.09. The Morgan fingerprint density at radius 2 is 2.00 bits per heavy atom. The van der Waals surface area contributed by atoms with Crippen LogP contribution in [0.15, 0.2) is 24.3 Å². The monoisotopic (exact) mass is 388 g/mol. The molecular formula is C17H28N2O4S2. The Labute approximate surface area is 155 Å². The molecule has 1 rings (SSSR count). The summed E-state index contributed by atoms with van der Waals surface area (Å²) in [7, 11) is -3.59. The lowest BCUT2D eigenvalue weighted by Gasteiger charge is -2.22. The van der Waals surface area contributed by atoms with E-state index < -0.39 is 10.0 Å². The Balaban J connectivity index is 2.74. The fourth-order valence-electron chi connectivity index (χ4n) is 2.03. The average Bonchev–Trinajstić information content (AvgIpc) is 2.48. The van der Waals surface area contributed by atoms with Gasteiger partial charge in [0.25, 0.3) is 0 Å². The minimum Gasteiger partial charge on any atom is -0.494 e. The quantitative estimate of drug-likeness (QED) is 0.658. The first kappa shape index (κ1) is 21.6. The number of carbonyl (C=O) groups is 1. The number of amides is 1. The molecule has 6 nitrogen and oxygen atoms in total. The summed E-state index contributed by atoms with van der Waals surface area (Å²) in [5, 5.41) is 2.77. The van der Waals surface area contributed by atoms with E-state index in [2.05, 4.69) is 26.1 Å². The molecule has 0 saturated carbocycles. The van der Waals surface area contributed by atoms with Gasteiger partial charge < -0.3 is 10.1 Å². The summed E-state index contributed by atoms with van der Waals surface area (Å²) in [6.45, 7) is 8.90. The van der Waals surface area contributed by atoms with Crippen LogP contribution in [0.3, 0.4) is 0 Å². The lowest BCUT2D eigenvalue weighted by atomic mass is 10.3. The molecule has 0 aromatic heterocycles. The lowest BCUT2D eigenvalue weighted by Crippen LogP contribution is -2.41. The molecule has 1 aromatic carbocycles. The van der Waals surface area contributed by atoms with Gasteiger partial charge in [0.05, 0.1) is 18.6 Å². The third kappa shape index (κ3) is 8.49. The van der Waals surface area contributed by atoms with Crippen molar-refractivity contribution >= 4 is 33.4 Å². The van der Waals surface area contributed by atoms with Gasteiger partial charge in [-0.1, -0.05) is 26.8 Å². The van der Waals surface area contributed by atoms with Gasteiger partial charge in [-0.25, -0.2) is 8.42 Å². The zero-order valence-corrected chi connectivity index (χ0v) is 17.2. The van der Waals surface area contributed by atoms with Gasteiger partial charge in [0.15, 0.2) is 0 Å². The van der Waals surface area contributed by atoms with Crippen molar-refractivity contribution < 1.29 is 17.9 Å². The topological polar surface area (TPSA) is 75.7 Å². The standard InChI is InChI=1S/C17H28N2O4S2/c1-6-23-15-9-7-8-14(12-15)19(25(5,21)22)13-16(20)18-10-11-24-17(2,3)4/h7-9,12H,6,10-11,13H2,1-5H3,(H,18,20). The van der Waals surface area contributed by atoms with E-state index in [1.807, 2.05) is 6.92 Å². The second-order valence-electron chi connectivity index (χ2n) is 6.51. The molecule has 1 N–H and O–H groups in total. The van der Waals surface area contributed by atoms with Crippen LogP contribution in [0.4, 0.5) is 5.69 Å². The fourth-order valence-corrected chi connectivity index (χ4v) is 3.69. The second kappa shape index (κ2) is 9.33. The van der Waals surface area contributed by atoms with Gasteiger partial charge in [-0.05, 0) is 19.1 Å². The number of rotatable bonds is 9. The molecule has 0 spiro atoms. The van der Waals surface area contributed by atoms with Gasteiger partial charge >= 0.3 is 0 Å². The molecule has 0 heterocycles. The molecule has 25 heavy (non-hydrogen) atoms. The molecule has 0 radical (unpaired) electrons. The first-order chi connectivity index (χ1) is 11.5. The summed E-state index contributed by atoms with van der Waals surface area (Å²) >= 11 is 1.74. The van der Waals surface area contributed by atoms with Crippen molar-refractivity contribution in [2.24, 2.45) is 0 Å². The molecule has 0 saturated heterocycles. The number of hydrogen-bond acceptors (Lipinski definition) is 5. The predicted octanol–water partition coefficient (Wildman–Crippen LogP) is 2.50. The molecule has 0 atom stereocenters. The van der Waals surface area contributed by atoms with Crippen molar-refractivity contribution in [3.63, 3.8) is 0 Å². The molecule has 0 bridgehead atoms. The third-order valence-corrected chi connectivity index (χ3v) is 5.48. The van der Waals surface area contributed by atoms with Crippen molar-refractivity contribution in [3.05, 3.63) is 24.3 Å². The maximum Gasteiger partial charge on any atom is 0.240 e. The summed E-state index contributed by atoms with van der Waals surface area (Å²) in [6, 6.07) is 6.72. The third-order valence-electron chi connectivity index (χ3n) is 3.06. The highest BCUT2D eigenvalue weighted by molar-refractivity contribution is 8.00. The zero-order chi connectivity index (χ0) is 19.1. The smallest absolute Gasteiger partial charge is 0.240 e. The molecule has 1 amide bonds. The summed E-state index contributed by atoms with van der Waals surface area (Å²) in [5.41, 5.74) is 0.410. The molecule has 0 unspecified atom stereocenters. The minimum absolute atomic E-state index is 0.128. The zero-order valence-electron chi connectivity index (χ0n) is 15.5. The fraction of sp³-hybridized carbons (Fsp3) is 0.588. The average molecular weight is 389 g/mol. The number of hydrogen-bond donors (Lipinski definition) is 1. The summed E-state index contributed by atoms with van der Waals surface area (Å²) < 4.78 is 30.8. The van der Waals surface area contributed by atoms with Gasteiger partial charge in [0, 0.05) is 23.1 Å². The molecule has 142 valence electrons. The Kier molecular flexibility index (Phi) is 8.08. The predicted molar refractivity (Wildman–Crippen MR) is 105 cm³/mol. The van der Waals surface area contributed by atoms with E-state index >= 15 is 0 Å². The lowest BCUT2D eigenvalue weighted by molar-refractivity contribution is -0.119. The number of carbonyl (C=O) groups excluding carboxylic acids is 1. The van der Waals surface area contributed by atoms with Crippen LogP contribution in [0.1, 0.15) is 27.7 Å². The van der Waals surface area contributed by atoms with E-state index in [0.717, 1.165) is 16.3 Å². The van der Waals surface area contributed by atoms with Crippen molar-refractivity contribution in [1.29, 1.82) is 0 Å². The SMILES string of the molecule is CCOc1cccc(N(CC(=O)NCCSC(C)(C)C)S(C)(=O)=O)c1. The Bertz CT molecular complexity index is 669. The van der Waals surface area contributed by atoms with Gasteiger partial charge in [-0.3, -0.25) is 9.10 Å². The number of benzene rings is 1. The molecule has 1 aromatic rings. The number of nitrogens with one attached hydrogen (secondary N) is 1. The van der Waals surface area contributed by atoms with Crippen LogP contribution >= 0.6 is 11.8 Å². The van der Waals surface area contributed by atoms with Crippen LogP contribution in [-0.2, 0) is 14.8 Å². The Morgan fingerprint density at radius 1 is 1.32 bits per heavy atom. The van der Waals surface area contributed by atoms with Crippen LogP contribution < -0.4 is 14.4 Å². The molecule has 0 aliphatic heterocycles. The summed E-state index contributed by atoms with van der Waals surface area (Å²) in [5.74, 6) is 1.01. The number of thioether (sulfide) groups is 1.